The Morgan fingerprint density at radius 2 is 2.06 bits per heavy atom. The van der Waals surface area contributed by atoms with E-state index in [1.165, 1.54) is 14.2 Å². The van der Waals surface area contributed by atoms with Gasteiger partial charge in [0.2, 0.25) is 5.91 Å². The predicted octanol–water partition coefficient (Wildman–Crippen LogP) is 0.00740. The van der Waals surface area contributed by atoms with Crippen LogP contribution in [0, 0.1) is 5.92 Å². The van der Waals surface area contributed by atoms with Gasteiger partial charge in [0.1, 0.15) is 0 Å². The van der Waals surface area contributed by atoms with Crippen molar-refractivity contribution in [2.75, 3.05) is 14.2 Å². The Morgan fingerprint density at radius 3 is 2.65 bits per heavy atom. The molecular formula is C11H17NO5. The minimum absolute atomic E-state index is 0.0972. The number of hydrogen-bond acceptors (Lipinski definition) is 5. The van der Waals surface area contributed by atoms with Gasteiger partial charge in [0.25, 0.3) is 0 Å². The maximum atomic E-state index is 11.5. The maximum Gasteiger partial charge on any atom is 0.310 e. The Hall–Kier alpha value is -1.59. The molecule has 0 bridgehead atoms. The topological polar surface area (TPSA) is 81.7 Å². The molecule has 96 valence electrons. The molecule has 0 aliphatic carbocycles. The summed E-state index contributed by atoms with van der Waals surface area (Å²) >= 11 is 0. The van der Waals surface area contributed by atoms with Gasteiger partial charge in [-0.1, -0.05) is 0 Å². The van der Waals surface area contributed by atoms with Gasteiger partial charge in [0, 0.05) is 18.9 Å². The van der Waals surface area contributed by atoms with E-state index in [2.05, 4.69) is 14.8 Å². The zero-order chi connectivity index (χ0) is 12.8. The van der Waals surface area contributed by atoms with Gasteiger partial charge in [-0.15, -0.1) is 0 Å². The van der Waals surface area contributed by atoms with Crippen molar-refractivity contribution in [1.82, 2.24) is 5.32 Å². The molecule has 1 aliphatic rings. The molecule has 0 saturated carbocycles. The third kappa shape index (κ3) is 3.72. The van der Waals surface area contributed by atoms with Gasteiger partial charge in [-0.05, 0) is 12.8 Å². The Kier molecular flexibility index (Phi) is 4.93. The Balaban J connectivity index is 2.58. The van der Waals surface area contributed by atoms with Gasteiger partial charge in [-0.25, -0.2) is 0 Å². The SMILES string of the molecule is COC(=O)CCC1NC(=O)CCC1C(=O)OC. The van der Waals surface area contributed by atoms with Crippen LogP contribution in [-0.4, -0.2) is 38.1 Å². The molecule has 0 aromatic heterocycles. The zero-order valence-electron chi connectivity index (χ0n) is 10.0. The first-order valence-electron chi connectivity index (χ1n) is 5.52. The van der Waals surface area contributed by atoms with Gasteiger partial charge in [-0.3, -0.25) is 14.4 Å². The molecule has 0 spiro atoms. The van der Waals surface area contributed by atoms with E-state index in [1.54, 1.807) is 0 Å². The van der Waals surface area contributed by atoms with Crippen molar-refractivity contribution in [2.45, 2.75) is 31.7 Å². The van der Waals surface area contributed by atoms with Gasteiger partial charge >= 0.3 is 11.9 Å². The van der Waals surface area contributed by atoms with E-state index in [4.69, 9.17) is 0 Å². The Bertz CT molecular complexity index is 315. The van der Waals surface area contributed by atoms with Crippen molar-refractivity contribution < 1.29 is 23.9 Å². The number of methoxy groups -OCH3 is 2. The number of piperidine rings is 1. The third-order valence-electron chi connectivity index (χ3n) is 2.91. The highest BCUT2D eigenvalue weighted by Crippen LogP contribution is 2.22. The number of carbonyl (C=O) groups excluding carboxylic acids is 3. The van der Waals surface area contributed by atoms with Crippen molar-refractivity contribution in [3.8, 4) is 0 Å². The van der Waals surface area contributed by atoms with Crippen molar-refractivity contribution in [2.24, 2.45) is 5.92 Å². The molecule has 6 heteroatoms. The molecule has 2 atom stereocenters. The van der Waals surface area contributed by atoms with Crippen LogP contribution in [0.1, 0.15) is 25.7 Å². The van der Waals surface area contributed by atoms with E-state index in [1.807, 2.05) is 0 Å². The first-order valence-corrected chi connectivity index (χ1v) is 5.52. The summed E-state index contributed by atoms with van der Waals surface area (Å²) in [6.45, 7) is 0. The minimum atomic E-state index is -0.373. The summed E-state index contributed by atoms with van der Waals surface area (Å²) in [6.07, 6.45) is 1.34. The number of hydrogen-bond donors (Lipinski definition) is 1. The second kappa shape index (κ2) is 6.22. The van der Waals surface area contributed by atoms with Crippen molar-refractivity contribution in [3.05, 3.63) is 0 Å². The third-order valence-corrected chi connectivity index (χ3v) is 2.91. The summed E-state index contributed by atoms with van der Waals surface area (Å²) in [5.41, 5.74) is 0. The summed E-state index contributed by atoms with van der Waals surface area (Å²) in [7, 11) is 2.62. The van der Waals surface area contributed by atoms with Gasteiger partial charge in [0.05, 0.1) is 20.1 Å². The summed E-state index contributed by atoms with van der Waals surface area (Å²) in [5.74, 6) is -1.17. The molecule has 2 unspecified atom stereocenters. The van der Waals surface area contributed by atoms with Crippen LogP contribution >= 0.6 is 0 Å². The number of ether oxygens (including phenoxy) is 2. The van der Waals surface area contributed by atoms with Crippen LogP contribution < -0.4 is 5.32 Å². The minimum Gasteiger partial charge on any atom is -0.469 e. The molecule has 0 aromatic rings. The molecule has 1 fully saturated rings. The lowest BCUT2D eigenvalue weighted by atomic mass is 9.88. The highest BCUT2D eigenvalue weighted by molar-refractivity contribution is 5.82. The van der Waals surface area contributed by atoms with E-state index >= 15 is 0 Å². The van der Waals surface area contributed by atoms with E-state index in [0.717, 1.165) is 0 Å². The molecule has 0 radical (unpaired) electrons. The quantitative estimate of drug-likeness (QED) is 0.703. The standard InChI is InChI=1S/C11H17NO5/c1-16-10(14)6-4-8-7(11(15)17-2)3-5-9(13)12-8/h7-8H,3-6H2,1-2H3,(H,12,13). The molecule has 0 aromatic carbocycles. The number of carbonyl (C=O) groups is 3. The summed E-state index contributed by atoms with van der Waals surface area (Å²) in [5, 5.41) is 2.71. The monoisotopic (exact) mass is 243 g/mol. The van der Waals surface area contributed by atoms with Gasteiger partial charge in [0.15, 0.2) is 0 Å². The molecule has 17 heavy (non-hydrogen) atoms. The number of rotatable bonds is 4. The predicted molar refractivity (Wildman–Crippen MR) is 57.9 cm³/mol. The van der Waals surface area contributed by atoms with Crippen LogP contribution in [0.4, 0.5) is 0 Å². The molecule has 1 rings (SSSR count). The molecule has 1 N–H and O–H groups in total. The van der Waals surface area contributed by atoms with Gasteiger partial charge in [-0.2, -0.15) is 0 Å². The fraction of sp³-hybridized carbons (Fsp3) is 0.727. The lowest BCUT2D eigenvalue weighted by molar-refractivity contribution is -0.150. The first kappa shape index (κ1) is 13.5. The summed E-state index contributed by atoms with van der Waals surface area (Å²) in [4.78, 5) is 33.8. The van der Waals surface area contributed by atoms with E-state index in [9.17, 15) is 14.4 Å². The second-order valence-corrected chi connectivity index (χ2v) is 3.96. The molecular weight excluding hydrogens is 226 g/mol. The fourth-order valence-electron chi connectivity index (χ4n) is 1.95. The normalized spacial score (nSPS) is 23.8. The fourth-order valence-corrected chi connectivity index (χ4v) is 1.95. The van der Waals surface area contributed by atoms with Gasteiger partial charge < -0.3 is 14.8 Å². The number of nitrogens with one attached hydrogen (secondary N) is 1. The molecule has 1 saturated heterocycles. The number of esters is 2. The van der Waals surface area contributed by atoms with Crippen LogP contribution in [0.2, 0.25) is 0 Å². The lowest BCUT2D eigenvalue weighted by Crippen LogP contribution is -2.48. The lowest BCUT2D eigenvalue weighted by Gasteiger charge is -2.30. The van der Waals surface area contributed by atoms with Crippen LogP contribution in [0.25, 0.3) is 0 Å². The van der Waals surface area contributed by atoms with Crippen LogP contribution in [0.3, 0.4) is 0 Å². The van der Waals surface area contributed by atoms with Crippen molar-refractivity contribution in [3.63, 3.8) is 0 Å². The molecule has 1 aliphatic heterocycles. The van der Waals surface area contributed by atoms with Crippen LogP contribution in [0.5, 0.6) is 0 Å². The van der Waals surface area contributed by atoms with E-state index in [0.29, 0.717) is 19.3 Å². The van der Waals surface area contributed by atoms with Crippen molar-refractivity contribution in [1.29, 1.82) is 0 Å². The molecule has 1 amide bonds. The summed E-state index contributed by atoms with van der Waals surface area (Å²) < 4.78 is 9.20. The highest BCUT2D eigenvalue weighted by atomic mass is 16.5. The van der Waals surface area contributed by atoms with Crippen molar-refractivity contribution >= 4 is 17.8 Å². The maximum absolute atomic E-state index is 11.5. The summed E-state index contributed by atoms with van der Waals surface area (Å²) in [6, 6.07) is -0.345. The smallest absolute Gasteiger partial charge is 0.310 e. The Labute approximate surface area is 99.6 Å². The largest absolute Gasteiger partial charge is 0.469 e. The van der Waals surface area contributed by atoms with Crippen LogP contribution in [0.15, 0.2) is 0 Å². The highest BCUT2D eigenvalue weighted by Gasteiger charge is 2.34. The zero-order valence-corrected chi connectivity index (χ0v) is 10.0. The average Bonchev–Trinajstić information content (AvgIpc) is 2.35. The van der Waals surface area contributed by atoms with Crippen LogP contribution in [-0.2, 0) is 23.9 Å². The molecule has 6 nitrogen and oxygen atoms in total. The van der Waals surface area contributed by atoms with E-state index in [-0.39, 0.29) is 36.2 Å². The van der Waals surface area contributed by atoms with E-state index < -0.39 is 0 Å². The molecule has 1 heterocycles. The first-order chi connectivity index (χ1) is 8.08. The number of amides is 1. The Morgan fingerprint density at radius 1 is 1.35 bits per heavy atom. The second-order valence-electron chi connectivity index (χ2n) is 3.96. The average molecular weight is 243 g/mol.